The average molecular weight is 507 g/mol. The molecule has 1 amide bonds. The molecule has 2 aliphatic heterocycles. The van der Waals surface area contributed by atoms with Gasteiger partial charge in [0.15, 0.2) is 5.16 Å². The topological polar surface area (TPSA) is 84.7 Å². The molecule has 0 bridgehead atoms. The fraction of sp³-hybridized carbons (Fsp3) is 0.667. The van der Waals surface area contributed by atoms with Gasteiger partial charge < -0.3 is 14.2 Å². The molecule has 10 heteroatoms. The highest BCUT2D eigenvalue weighted by molar-refractivity contribution is 7.99. The summed E-state index contributed by atoms with van der Waals surface area (Å²) in [5.41, 5.74) is 1.65. The Morgan fingerprint density at radius 2 is 1.88 bits per heavy atom. The first kappa shape index (κ1) is 24.1. The second-order valence-corrected chi connectivity index (χ2v) is 12.6. The molecule has 8 nitrogen and oxygen atoms in total. The van der Waals surface area contributed by atoms with Crippen molar-refractivity contribution in [3.63, 3.8) is 0 Å². The van der Waals surface area contributed by atoms with Gasteiger partial charge in [-0.15, -0.1) is 0 Å². The van der Waals surface area contributed by atoms with Crippen LogP contribution < -0.4 is 0 Å². The minimum absolute atomic E-state index is 0.0980. The first-order valence-electron chi connectivity index (χ1n) is 12.4. The molecule has 34 heavy (non-hydrogen) atoms. The van der Waals surface area contributed by atoms with Crippen LogP contribution in [0.5, 0.6) is 0 Å². The molecular formula is C24H34N4O4S2. The molecule has 0 unspecified atom stereocenters. The van der Waals surface area contributed by atoms with E-state index < -0.39 is 10.0 Å². The highest BCUT2D eigenvalue weighted by atomic mass is 32.2. The molecule has 5 rings (SSSR count). The van der Waals surface area contributed by atoms with Crippen LogP contribution in [0.2, 0.25) is 0 Å². The maximum atomic E-state index is 13.3. The second-order valence-electron chi connectivity index (χ2n) is 9.75. The van der Waals surface area contributed by atoms with Crippen molar-refractivity contribution in [1.29, 1.82) is 0 Å². The van der Waals surface area contributed by atoms with Crippen LogP contribution in [-0.2, 0) is 19.6 Å². The first-order chi connectivity index (χ1) is 16.4. The molecule has 1 atom stereocenters. The second kappa shape index (κ2) is 10.2. The van der Waals surface area contributed by atoms with E-state index in [9.17, 15) is 13.2 Å². The number of hydrogen-bond donors (Lipinski definition) is 0. The van der Waals surface area contributed by atoms with Crippen molar-refractivity contribution in [2.24, 2.45) is 5.92 Å². The number of imidazole rings is 1. The molecule has 0 N–H and O–H groups in total. The minimum Gasteiger partial charge on any atom is -0.378 e. The standard InChI is InChI=1S/C24H34N4O4S2/c1-18-5-4-10-27(16-18)34(30,31)20-8-9-22-21(15-20)25-24(28(22)19-6-2-3-7-19)33-17-23(29)26-11-13-32-14-12-26/h8-9,15,18-19H,2-7,10-14,16-17H2,1H3/t18-/m0/s1. The summed E-state index contributed by atoms with van der Waals surface area (Å²) >= 11 is 1.46. The lowest BCUT2D eigenvalue weighted by molar-refractivity contribution is -0.132. The molecule has 1 saturated carbocycles. The Morgan fingerprint density at radius 1 is 1.12 bits per heavy atom. The summed E-state index contributed by atoms with van der Waals surface area (Å²) in [4.78, 5) is 19.8. The molecule has 0 radical (unpaired) electrons. The van der Waals surface area contributed by atoms with E-state index in [2.05, 4.69) is 11.5 Å². The summed E-state index contributed by atoms with van der Waals surface area (Å²) in [6, 6.07) is 5.71. The molecule has 2 saturated heterocycles. The van der Waals surface area contributed by atoms with E-state index in [1.165, 1.54) is 24.6 Å². The molecule has 0 spiro atoms. The maximum Gasteiger partial charge on any atom is 0.243 e. The summed E-state index contributed by atoms with van der Waals surface area (Å²) in [6.45, 7) is 5.70. The number of sulfonamides is 1. The number of rotatable bonds is 6. The fourth-order valence-electron chi connectivity index (χ4n) is 5.38. The van der Waals surface area contributed by atoms with Gasteiger partial charge in [-0.3, -0.25) is 4.79 Å². The number of carbonyl (C=O) groups is 1. The predicted octanol–water partition coefficient (Wildman–Crippen LogP) is 3.52. The number of benzene rings is 1. The number of fused-ring (bicyclic) bond motifs is 1. The Bertz CT molecular complexity index is 1140. The van der Waals surface area contributed by atoms with Gasteiger partial charge in [0.25, 0.3) is 0 Å². The molecule has 1 aromatic heterocycles. The highest BCUT2D eigenvalue weighted by Gasteiger charge is 2.30. The third-order valence-corrected chi connectivity index (χ3v) is 10.1. The third-order valence-electron chi connectivity index (χ3n) is 7.26. The number of piperidine rings is 1. The van der Waals surface area contributed by atoms with Crippen molar-refractivity contribution in [3.05, 3.63) is 18.2 Å². The van der Waals surface area contributed by atoms with E-state index in [-0.39, 0.29) is 5.91 Å². The number of amides is 1. The van der Waals surface area contributed by atoms with Gasteiger partial charge in [-0.05, 0) is 49.8 Å². The van der Waals surface area contributed by atoms with E-state index in [4.69, 9.17) is 9.72 Å². The van der Waals surface area contributed by atoms with Gasteiger partial charge in [0.2, 0.25) is 15.9 Å². The van der Waals surface area contributed by atoms with Crippen molar-refractivity contribution in [3.8, 4) is 0 Å². The number of aromatic nitrogens is 2. The van der Waals surface area contributed by atoms with Crippen LogP contribution in [0.4, 0.5) is 0 Å². The number of ether oxygens (including phenoxy) is 1. The Hall–Kier alpha value is -1.62. The van der Waals surface area contributed by atoms with Crippen LogP contribution >= 0.6 is 11.8 Å². The Labute approximate surface area is 206 Å². The van der Waals surface area contributed by atoms with Gasteiger partial charge in [0, 0.05) is 32.2 Å². The van der Waals surface area contributed by atoms with Gasteiger partial charge in [-0.25, -0.2) is 13.4 Å². The Morgan fingerprint density at radius 3 is 2.62 bits per heavy atom. The Balaban J connectivity index is 1.43. The van der Waals surface area contributed by atoms with Crippen molar-refractivity contribution in [1.82, 2.24) is 18.8 Å². The molecule has 3 fully saturated rings. The number of thioether (sulfide) groups is 1. The zero-order valence-electron chi connectivity index (χ0n) is 19.8. The number of hydrogen-bond acceptors (Lipinski definition) is 6. The number of carbonyl (C=O) groups excluding carboxylic acids is 1. The van der Waals surface area contributed by atoms with Crippen molar-refractivity contribution >= 4 is 38.7 Å². The quantitative estimate of drug-likeness (QED) is 0.558. The molecule has 2 aromatic rings. The summed E-state index contributed by atoms with van der Waals surface area (Å²) in [7, 11) is -3.54. The third kappa shape index (κ3) is 4.87. The summed E-state index contributed by atoms with van der Waals surface area (Å²) in [5.74, 6) is 0.800. The van der Waals surface area contributed by atoms with E-state index in [0.717, 1.165) is 36.4 Å². The van der Waals surface area contributed by atoms with Crippen LogP contribution in [0.3, 0.4) is 0 Å². The maximum absolute atomic E-state index is 13.3. The first-order valence-corrected chi connectivity index (χ1v) is 14.9. The van der Waals surface area contributed by atoms with Gasteiger partial charge in [0.1, 0.15) is 0 Å². The molecule has 1 aromatic carbocycles. The van der Waals surface area contributed by atoms with Crippen LogP contribution in [0.1, 0.15) is 51.5 Å². The fourth-order valence-corrected chi connectivity index (χ4v) is 7.98. The zero-order valence-corrected chi connectivity index (χ0v) is 21.5. The zero-order chi connectivity index (χ0) is 23.7. The van der Waals surface area contributed by atoms with Crippen molar-refractivity contribution in [2.75, 3.05) is 45.1 Å². The lowest BCUT2D eigenvalue weighted by atomic mass is 10.0. The minimum atomic E-state index is -3.54. The number of morpholine rings is 1. The van der Waals surface area contributed by atoms with Crippen molar-refractivity contribution < 1.29 is 17.9 Å². The molecule has 3 heterocycles. The molecule has 186 valence electrons. The highest BCUT2D eigenvalue weighted by Crippen LogP contribution is 2.37. The van der Waals surface area contributed by atoms with Crippen molar-refractivity contribution in [2.45, 2.75) is 61.5 Å². The normalized spacial score (nSPS) is 23.1. The largest absolute Gasteiger partial charge is 0.378 e. The van der Waals surface area contributed by atoms with E-state index in [1.807, 2.05) is 11.0 Å². The lowest BCUT2D eigenvalue weighted by Gasteiger charge is -2.30. The average Bonchev–Trinajstić information content (AvgIpc) is 3.50. The molecule has 3 aliphatic rings. The molecular weight excluding hydrogens is 472 g/mol. The van der Waals surface area contributed by atoms with E-state index in [1.54, 1.807) is 16.4 Å². The summed E-state index contributed by atoms with van der Waals surface area (Å²) in [6.07, 6.45) is 6.50. The van der Waals surface area contributed by atoms with E-state index in [0.29, 0.717) is 67.5 Å². The van der Waals surface area contributed by atoms with Crippen LogP contribution in [0.25, 0.3) is 11.0 Å². The van der Waals surface area contributed by atoms with Gasteiger partial charge in [0.05, 0.1) is 34.9 Å². The van der Waals surface area contributed by atoms with Gasteiger partial charge in [-0.2, -0.15) is 4.31 Å². The summed E-state index contributed by atoms with van der Waals surface area (Å²) < 4.78 is 35.9. The summed E-state index contributed by atoms with van der Waals surface area (Å²) in [5, 5.41) is 0.810. The number of nitrogens with zero attached hydrogens (tertiary/aromatic N) is 4. The van der Waals surface area contributed by atoms with Crippen LogP contribution in [0.15, 0.2) is 28.3 Å². The van der Waals surface area contributed by atoms with Gasteiger partial charge >= 0.3 is 0 Å². The molecule has 1 aliphatic carbocycles. The van der Waals surface area contributed by atoms with E-state index >= 15 is 0 Å². The predicted molar refractivity (Wildman–Crippen MR) is 133 cm³/mol. The Kier molecular flexibility index (Phi) is 7.20. The SMILES string of the molecule is C[C@H]1CCCN(S(=O)(=O)c2ccc3c(c2)nc(SCC(=O)N2CCOCC2)n3C2CCCC2)C1. The van der Waals surface area contributed by atoms with Crippen LogP contribution in [-0.4, -0.2) is 78.2 Å². The van der Waals surface area contributed by atoms with Crippen LogP contribution in [0, 0.1) is 5.92 Å². The monoisotopic (exact) mass is 506 g/mol. The smallest absolute Gasteiger partial charge is 0.243 e. The lowest BCUT2D eigenvalue weighted by Crippen LogP contribution is -2.41. The van der Waals surface area contributed by atoms with Gasteiger partial charge in [-0.1, -0.05) is 31.5 Å².